The topological polar surface area (TPSA) is 109 Å². The van der Waals surface area contributed by atoms with Gasteiger partial charge >= 0.3 is 6.03 Å². The first-order valence-electron chi connectivity index (χ1n) is 8.36. The number of aromatic nitrogens is 1. The van der Waals surface area contributed by atoms with Crippen LogP contribution in [-0.2, 0) is 0 Å². The molecule has 7 nitrogen and oxygen atoms in total. The van der Waals surface area contributed by atoms with Crippen molar-refractivity contribution >= 4 is 29.0 Å². The van der Waals surface area contributed by atoms with Gasteiger partial charge in [-0.3, -0.25) is 4.79 Å². The number of anilines is 1. The highest BCUT2D eigenvalue weighted by molar-refractivity contribution is 7.15. The number of nitrogens with two attached hydrogens (primary N) is 1. The number of primary amides is 1. The molecule has 0 unspecified atom stereocenters. The predicted molar refractivity (Wildman–Crippen MR) is 101 cm³/mol. The summed E-state index contributed by atoms with van der Waals surface area (Å²) in [5.41, 5.74) is 6.05. The first-order valence-corrected chi connectivity index (χ1v) is 9.18. The summed E-state index contributed by atoms with van der Waals surface area (Å²) >= 11 is 1.15. The predicted octanol–water partition coefficient (Wildman–Crippen LogP) is 1.65. The molecule has 27 heavy (non-hydrogen) atoms. The second kappa shape index (κ2) is 8.62. The molecule has 1 atom stereocenters. The zero-order valence-corrected chi connectivity index (χ0v) is 15.2. The number of urea groups is 1. The van der Waals surface area contributed by atoms with Gasteiger partial charge in [0.2, 0.25) is 5.95 Å². The average molecular weight is 387 g/mol. The van der Waals surface area contributed by atoms with Crippen molar-refractivity contribution < 1.29 is 14.0 Å². The highest BCUT2D eigenvalue weighted by atomic mass is 32.1. The Hall–Kier alpha value is -2.96. The summed E-state index contributed by atoms with van der Waals surface area (Å²) in [5.74, 6) is 4.88. The second-order valence-electron chi connectivity index (χ2n) is 5.98. The Morgan fingerprint density at radius 2 is 2.22 bits per heavy atom. The number of pyridine rings is 1. The molecule has 0 spiro atoms. The zero-order chi connectivity index (χ0) is 19.2. The van der Waals surface area contributed by atoms with Gasteiger partial charge in [0.15, 0.2) is 0 Å². The molecule has 0 aromatic carbocycles. The fraction of sp³-hybridized carbons (Fsp3) is 0.278. The van der Waals surface area contributed by atoms with Crippen molar-refractivity contribution in [1.82, 2.24) is 15.6 Å². The number of hydrogen-bond acceptors (Lipinski definition) is 5. The monoisotopic (exact) mass is 387 g/mol. The molecular weight excluding hydrogens is 369 g/mol. The summed E-state index contributed by atoms with van der Waals surface area (Å²) in [7, 11) is 0. The van der Waals surface area contributed by atoms with Gasteiger partial charge in [-0.05, 0) is 37.6 Å². The average Bonchev–Trinajstić information content (AvgIpc) is 3.04. The van der Waals surface area contributed by atoms with Gasteiger partial charge < -0.3 is 21.7 Å². The van der Waals surface area contributed by atoms with E-state index in [1.807, 2.05) is 0 Å². The summed E-state index contributed by atoms with van der Waals surface area (Å²) < 4.78 is 12.9. The molecule has 5 N–H and O–H groups in total. The van der Waals surface area contributed by atoms with Crippen molar-refractivity contribution in [1.29, 1.82) is 0 Å². The summed E-state index contributed by atoms with van der Waals surface area (Å²) in [6.07, 6.45) is 3.21. The van der Waals surface area contributed by atoms with Crippen molar-refractivity contribution in [3.05, 3.63) is 45.7 Å². The zero-order valence-electron chi connectivity index (χ0n) is 14.3. The maximum absolute atomic E-state index is 12.9. The van der Waals surface area contributed by atoms with Gasteiger partial charge in [0.25, 0.3) is 5.91 Å². The Morgan fingerprint density at radius 3 is 2.89 bits per heavy atom. The van der Waals surface area contributed by atoms with Gasteiger partial charge in [-0.25, -0.2) is 9.78 Å². The summed E-state index contributed by atoms with van der Waals surface area (Å²) in [6.45, 7) is 1.65. The maximum Gasteiger partial charge on any atom is 0.316 e. The van der Waals surface area contributed by atoms with E-state index < -0.39 is 12.0 Å². The van der Waals surface area contributed by atoms with E-state index >= 15 is 0 Å². The van der Waals surface area contributed by atoms with Crippen LogP contribution in [0.2, 0.25) is 0 Å². The molecule has 1 aliphatic rings. The number of piperidine rings is 1. The number of carbonyl (C=O) groups is 2. The van der Waals surface area contributed by atoms with Gasteiger partial charge in [-0.1, -0.05) is 11.8 Å². The molecule has 1 aliphatic heterocycles. The summed E-state index contributed by atoms with van der Waals surface area (Å²) in [6, 6.07) is 3.59. The third-order valence-corrected chi connectivity index (χ3v) is 4.93. The summed E-state index contributed by atoms with van der Waals surface area (Å²) in [5, 5.41) is 8.65. The van der Waals surface area contributed by atoms with Crippen LogP contribution in [0.5, 0.6) is 0 Å². The van der Waals surface area contributed by atoms with Crippen molar-refractivity contribution in [2.24, 2.45) is 5.73 Å². The summed E-state index contributed by atoms with van der Waals surface area (Å²) in [4.78, 5) is 28.3. The molecule has 3 heterocycles. The molecule has 0 saturated carbocycles. The van der Waals surface area contributed by atoms with E-state index in [1.165, 1.54) is 18.3 Å². The van der Waals surface area contributed by atoms with E-state index in [1.54, 1.807) is 6.07 Å². The van der Waals surface area contributed by atoms with Gasteiger partial charge in [0.1, 0.15) is 4.88 Å². The molecule has 0 aliphatic carbocycles. The van der Waals surface area contributed by atoms with Gasteiger partial charge in [0.05, 0.1) is 10.6 Å². The van der Waals surface area contributed by atoms with E-state index in [-0.39, 0.29) is 11.9 Å². The molecule has 140 valence electrons. The minimum atomic E-state index is -0.761. The highest BCUT2D eigenvalue weighted by Crippen LogP contribution is 2.27. The van der Waals surface area contributed by atoms with Crippen molar-refractivity contribution in [2.45, 2.75) is 18.9 Å². The van der Waals surface area contributed by atoms with E-state index in [2.05, 4.69) is 32.8 Å². The third-order valence-electron chi connectivity index (χ3n) is 3.89. The number of amides is 3. The minimum Gasteiger partial charge on any atom is -0.351 e. The SMILES string of the molecule is NC(=O)Nc1cc(C#Cc2ccc(F)nc2)sc1C(=O)N[C@H]1CCCNC1. The van der Waals surface area contributed by atoms with Crippen LogP contribution in [0.4, 0.5) is 14.9 Å². The number of halogens is 1. The van der Waals surface area contributed by atoms with Crippen molar-refractivity contribution in [3.8, 4) is 11.8 Å². The largest absolute Gasteiger partial charge is 0.351 e. The van der Waals surface area contributed by atoms with Crippen LogP contribution in [0.3, 0.4) is 0 Å². The number of hydrogen-bond donors (Lipinski definition) is 4. The molecule has 2 aromatic rings. The molecule has 1 fully saturated rings. The molecule has 0 bridgehead atoms. The van der Waals surface area contributed by atoms with Crippen molar-refractivity contribution in [2.75, 3.05) is 18.4 Å². The van der Waals surface area contributed by atoms with E-state index in [0.717, 1.165) is 30.7 Å². The molecule has 2 aromatic heterocycles. The Morgan fingerprint density at radius 1 is 1.37 bits per heavy atom. The van der Waals surface area contributed by atoms with Crippen molar-refractivity contribution in [3.63, 3.8) is 0 Å². The lowest BCUT2D eigenvalue weighted by Crippen LogP contribution is -2.45. The number of nitrogens with one attached hydrogen (secondary N) is 3. The van der Waals surface area contributed by atoms with E-state index in [9.17, 15) is 14.0 Å². The smallest absolute Gasteiger partial charge is 0.316 e. The Labute approximate surface area is 159 Å². The molecular formula is C18H18FN5O2S. The Kier molecular flexibility index (Phi) is 6.01. The molecule has 1 saturated heterocycles. The molecule has 3 rings (SSSR count). The van der Waals surface area contributed by atoms with Crippen LogP contribution in [-0.4, -0.2) is 36.1 Å². The quantitative estimate of drug-likeness (QED) is 0.474. The van der Waals surface area contributed by atoms with E-state index in [0.29, 0.717) is 27.5 Å². The number of nitrogens with zero attached hydrogens (tertiary/aromatic N) is 1. The first kappa shape index (κ1) is 18.8. The molecule has 0 radical (unpaired) electrons. The normalized spacial score (nSPS) is 16.1. The second-order valence-corrected chi connectivity index (χ2v) is 7.03. The fourth-order valence-electron chi connectivity index (χ4n) is 2.66. The number of carbonyl (C=O) groups excluding carboxylic acids is 2. The highest BCUT2D eigenvalue weighted by Gasteiger charge is 2.21. The Balaban J connectivity index is 1.81. The molecule has 9 heteroatoms. The minimum absolute atomic E-state index is 0.0367. The van der Waals surface area contributed by atoms with Gasteiger partial charge in [-0.2, -0.15) is 4.39 Å². The maximum atomic E-state index is 12.9. The third kappa shape index (κ3) is 5.26. The van der Waals surface area contributed by atoms with Gasteiger partial charge in [-0.15, -0.1) is 11.3 Å². The van der Waals surface area contributed by atoms with Crippen LogP contribution in [0.1, 0.15) is 33.0 Å². The van der Waals surface area contributed by atoms with E-state index in [4.69, 9.17) is 5.73 Å². The molecule has 3 amide bonds. The number of rotatable bonds is 3. The van der Waals surface area contributed by atoms with Crippen LogP contribution in [0.25, 0.3) is 0 Å². The lowest BCUT2D eigenvalue weighted by molar-refractivity contribution is 0.0935. The van der Waals surface area contributed by atoms with Crippen LogP contribution in [0.15, 0.2) is 24.4 Å². The van der Waals surface area contributed by atoms with Crippen LogP contribution in [0, 0.1) is 17.8 Å². The standard InChI is InChI=1S/C18H18FN5O2S/c19-15-6-4-11(9-22-15)3-5-13-8-14(24-18(20)26)16(27-13)17(25)23-12-2-1-7-21-10-12/h4,6,8-9,12,21H,1-2,7,10H2,(H,23,25)(H3,20,24,26)/t12-/m0/s1. The van der Waals surface area contributed by atoms with Crippen LogP contribution < -0.4 is 21.7 Å². The first-order chi connectivity index (χ1) is 13.0. The Bertz CT molecular complexity index is 895. The lowest BCUT2D eigenvalue weighted by atomic mass is 10.1. The lowest BCUT2D eigenvalue weighted by Gasteiger charge is -2.23. The van der Waals surface area contributed by atoms with Gasteiger partial charge in [0, 0.05) is 24.3 Å². The fourth-order valence-corrected chi connectivity index (χ4v) is 3.53. The van der Waals surface area contributed by atoms with Crippen LogP contribution >= 0.6 is 11.3 Å². The number of thiophene rings is 1.